The van der Waals surface area contributed by atoms with Crippen molar-refractivity contribution in [1.82, 2.24) is 0 Å². The first-order chi connectivity index (χ1) is 33.6. The van der Waals surface area contributed by atoms with E-state index < -0.39 is 0 Å². The summed E-state index contributed by atoms with van der Waals surface area (Å²) >= 11 is 0. The monoisotopic (exact) mass is 867 g/mol. The third-order valence-electron chi connectivity index (χ3n) is 14.4. The lowest BCUT2D eigenvalue weighted by atomic mass is 9.74. The van der Waals surface area contributed by atoms with E-state index >= 15 is 0 Å². The predicted octanol–water partition coefficient (Wildman–Crippen LogP) is 18.2. The molecule has 1 atom stereocenters. The topological polar surface area (TPSA) is 16.4 Å². The van der Waals surface area contributed by atoms with Gasteiger partial charge in [0.15, 0.2) is 0 Å². The van der Waals surface area contributed by atoms with Crippen LogP contribution in [0.5, 0.6) is 0 Å². The quantitative estimate of drug-likeness (QED) is 0.151. The van der Waals surface area contributed by atoms with Crippen molar-refractivity contribution in [2.45, 2.75) is 12.3 Å². The number of para-hydroxylation sites is 3. The summed E-state index contributed by atoms with van der Waals surface area (Å²) in [5, 5.41) is 4.65. The molecule has 320 valence electrons. The molecule has 0 bridgehead atoms. The van der Waals surface area contributed by atoms with Gasteiger partial charge in [-0.2, -0.15) is 0 Å². The van der Waals surface area contributed by atoms with Crippen LogP contribution >= 0.6 is 0 Å². The second-order valence-corrected chi connectivity index (χ2v) is 18.0. The van der Waals surface area contributed by atoms with Gasteiger partial charge in [-0.1, -0.05) is 218 Å². The van der Waals surface area contributed by atoms with Crippen molar-refractivity contribution in [3.63, 3.8) is 0 Å². The Hall–Kier alpha value is -8.72. The molecule has 1 heterocycles. The van der Waals surface area contributed by atoms with Gasteiger partial charge in [-0.25, -0.2) is 0 Å². The minimum Gasteiger partial charge on any atom is -0.456 e. The molecule has 0 N–H and O–H groups in total. The zero-order valence-electron chi connectivity index (χ0n) is 37.6. The maximum atomic E-state index is 6.48. The summed E-state index contributed by atoms with van der Waals surface area (Å²) in [6, 6.07) is 92.8. The lowest BCUT2D eigenvalue weighted by Crippen LogP contribution is -2.22. The molecule has 0 fully saturated rings. The van der Waals surface area contributed by atoms with E-state index in [4.69, 9.17) is 4.42 Å². The van der Waals surface area contributed by atoms with E-state index in [0.29, 0.717) is 0 Å². The number of fused-ring (bicyclic) bond motifs is 7. The second kappa shape index (κ2) is 16.0. The molecule has 1 unspecified atom stereocenters. The molecule has 0 aliphatic heterocycles. The first kappa shape index (κ1) is 39.6. The molecule has 0 spiro atoms. The molecule has 1 aliphatic carbocycles. The highest BCUT2D eigenvalue weighted by atomic mass is 16.3. The molecule has 1 aliphatic rings. The van der Waals surface area contributed by atoms with Crippen LogP contribution in [0.15, 0.2) is 259 Å². The van der Waals surface area contributed by atoms with Crippen LogP contribution in [-0.2, 0) is 5.41 Å². The van der Waals surface area contributed by atoms with Crippen molar-refractivity contribution in [3.8, 4) is 55.6 Å². The standard InChI is InChI=1S/C66H45NO/c1-66(47-24-6-3-7-25-47)57-34-12-8-28-55(57)64-50(31-18-35-58(64)66)45-40-42-48(43-41-45)67(60-37-14-10-27-52(60)54-33-19-39-62-65(54)56-29-11-15-38-61(56)68-62)59-36-13-9-26-51(59)53-32-17-23-46-22-16-30-49(63(46)53)44-20-4-2-5-21-44/h2-43H,1H3. The summed E-state index contributed by atoms with van der Waals surface area (Å²) < 4.78 is 6.48. The molecule has 12 aromatic rings. The fourth-order valence-corrected chi connectivity index (χ4v) is 11.3. The van der Waals surface area contributed by atoms with Crippen LogP contribution in [-0.4, -0.2) is 0 Å². The van der Waals surface area contributed by atoms with Crippen LogP contribution in [0, 0.1) is 0 Å². The summed E-state index contributed by atoms with van der Waals surface area (Å²) in [6.07, 6.45) is 0. The largest absolute Gasteiger partial charge is 0.456 e. The van der Waals surface area contributed by atoms with Crippen molar-refractivity contribution in [3.05, 3.63) is 271 Å². The van der Waals surface area contributed by atoms with Gasteiger partial charge in [-0.3, -0.25) is 0 Å². The molecule has 0 amide bonds. The Kier molecular flexibility index (Phi) is 9.33. The lowest BCUT2D eigenvalue weighted by molar-refractivity contribution is 0.669. The zero-order valence-corrected chi connectivity index (χ0v) is 37.6. The van der Waals surface area contributed by atoms with Crippen molar-refractivity contribution in [1.29, 1.82) is 0 Å². The molecule has 2 nitrogen and oxygen atoms in total. The van der Waals surface area contributed by atoms with Crippen LogP contribution in [0.25, 0.3) is 88.3 Å². The van der Waals surface area contributed by atoms with E-state index in [1.165, 1.54) is 66.4 Å². The molecular formula is C66H45NO. The zero-order chi connectivity index (χ0) is 45.2. The molecule has 0 saturated heterocycles. The van der Waals surface area contributed by atoms with E-state index in [-0.39, 0.29) is 5.41 Å². The van der Waals surface area contributed by atoms with Crippen LogP contribution in [0.4, 0.5) is 17.1 Å². The van der Waals surface area contributed by atoms with E-state index in [0.717, 1.165) is 55.7 Å². The number of benzene rings is 11. The second-order valence-electron chi connectivity index (χ2n) is 18.0. The highest BCUT2D eigenvalue weighted by molar-refractivity contribution is 6.14. The number of rotatable bonds is 8. The summed E-state index contributed by atoms with van der Waals surface area (Å²) in [6.45, 7) is 2.39. The molecule has 68 heavy (non-hydrogen) atoms. The van der Waals surface area contributed by atoms with Crippen molar-refractivity contribution in [2.75, 3.05) is 4.90 Å². The van der Waals surface area contributed by atoms with Crippen LogP contribution in [0.1, 0.15) is 23.6 Å². The SMILES string of the molecule is CC1(c2ccccc2)c2ccccc2-c2c(-c3ccc(N(c4ccccc4-c4cccc5cccc(-c6ccccc6)c45)c4ccccc4-c4cccc5oc6ccccc6c45)cc3)cccc21. The molecule has 2 heteroatoms. The maximum Gasteiger partial charge on any atom is 0.136 e. The Morgan fingerprint density at radius 2 is 0.838 bits per heavy atom. The van der Waals surface area contributed by atoms with Gasteiger partial charge >= 0.3 is 0 Å². The van der Waals surface area contributed by atoms with E-state index in [1.807, 2.05) is 6.07 Å². The summed E-state index contributed by atoms with van der Waals surface area (Å²) in [4.78, 5) is 2.47. The van der Waals surface area contributed by atoms with Crippen molar-refractivity contribution >= 4 is 49.8 Å². The van der Waals surface area contributed by atoms with Gasteiger partial charge in [0.2, 0.25) is 0 Å². The van der Waals surface area contributed by atoms with Gasteiger partial charge in [0.05, 0.1) is 11.4 Å². The highest BCUT2D eigenvalue weighted by Gasteiger charge is 2.41. The van der Waals surface area contributed by atoms with Gasteiger partial charge in [-0.15, -0.1) is 0 Å². The molecule has 0 radical (unpaired) electrons. The maximum absolute atomic E-state index is 6.48. The molecule has 1 aromatic heterocycles. The molecular weight excluding hydrogens is 823 g/mol. The molecule has 11 aromatic carbocycles. The summed E-state index contributed by atoms with van der Waals surface area (Å²) in [5.41, 5.74) is 20.6. The Balaban J connectivity index is 1.03. The van der Waals surface area contributed by atoms with Gasteiger partial charge < -0.3 is 9.32 Å². The minimum atomic E-state index is -0.279. The number of furan rings is 1. The fourth-order valence-electron chi connectivity index (χ4n) is 11.3. The van der Waals surface area contributed by atoms with E-state index in [2.05, 4.69) is 261 Å². The van der Waals surface area contributed by atoms with Crippen LogP contribution in [0.2, 0.25) is 0 Å². The number of nitrogens with zero attached hydrogens (tertiary/aromatic N) is 1. The fraction of sp³-hybridized carbons (Fsp3) is 0.0303. The smallest absolute Gasteiger partial charge is 0.136 e. The Labute approximate surface area is 396 Å². The Bertz CT molecular complexity index is 3860. The first-order valence-corrected chi connectivity index (χ1v) is 23.5. The predicted molar refractivity (Wildman–Crippen MR) is 285 cm³/mol. The first-order valence-electron chi connectivity index (χ1n) is 23.5. The van der Waals surface area contributed by atoms with Crippen molar-refractivity contribution in [2.24, 2.45) is 0 Å². The average molecular weight is 868 g/mol. The van der Waals surface area contributed by atoms with Gasteiger partial charge in [0.25, 0.3) is 0 Å². The lowest BCUT2D eigenvalue weighted by Gasteiger charge is -2.30. The molecule has 13 rings (SSSR count). The highest BCUT2D eigenvalue weighted by Crippen LogP contribution is 2.55. The van der Waals surface area contributed by atoms with E-state index in [1.54, 1.807) is 0 Å². The third-order valence-corrected chi connectivity index (χ3v) is 14.4. The van der Waals surface area contributed by atoms with Crippen molar-refractivity contribution < 1.29 is 4.42 Å². The van der Waals surface area contributed by atoms with E-state index in [9.17, 15) is 0 Å². The van der Waals surface area contributed by atoms with Gasteiger partial charge in [-0.05, 0) is 115 Å². The molecule has 0 saturated carbocycles. The Morgan fingerprint density at radius 3 is 1.57 bits per heavy atom. The average Bonchev–Trinajstić information content (AvgIpc) is 3.93. The van der Waals surface area contributed by atoms with Crippen LogP contribution in [0.3, 0.4) is 0 Å². The summed E-state index contributed by atoms with van der Waals surface area (Å²) in [5.74, 6) is 0. The summed E-state index contributed by atoms with van der Waals surface area (Å²) in [7, 11) is 0. The van der Waals surface area contributed by atoms with Gasteiger partial charge in [0.1, 0.15) is 11.2 Å². The third kappa shape index (κ3) is 6.18. The number of anilines is 3. The Morgan fingerprint density at radius 1 is 0.338 bits per heavy atom. The normalized spacial score (nSPS) is 14.0. The number of hydrogen-bond acceptors (Lipinski definition) is 2. The number of hydrogen-bond donors (Lipinski definition) is 0. The van der Waals surface area contributed by atoms with Gasteiger partial charge in [0, 0.05) is 33.0 Å². The minimum absolute atomic E-state index is 0.279. The van der Waals surface area contributed by atoms with Crippen LogP contribution < -0.4 is 4.90 Å².